The van der Waals surface area contributed by atoms with E-state index in [1.165, 1.54) is 0 Å². The maximum atomic E-state index is 12.6. The van der Waals surface area contributed by atoms with Crippen LogP contribution in [0.3, 0.4) is 0 Å². The van der Waals surface area contributed by atoms with E-state index >= 15 is 0 Å². The molecule has 30 heavy (non-hydrogen) atoms. The summed E-state index contributed by atoms with van der Waals surface area (Å²) in [6.07, 6.45) is 0.234. The van der Waals surface area contributed by atoms with Gasteiger partial charge in [-0.2, -0.15) is 13.2 Å². The smallest absolute Gasteiger partial charge is 0.323 e. The van der Waals surface area contributed by atoms with Gasteiger partial charge in [0.2, 0.25) is 10.0 Å². The number of sulfonamides is 1. The molecule has 0 amide bonds. The van der Waals surface area contributed by atoms with Crippen LogP contribution in [0, 0.1) is 0 Å². The molecule has 2 heterocycles. The SMILES string of the molecule is CS(=O)(=O)NCc1nc2cnc3ccccc3c2n1C1CCC(NCC(F)(F)F)C1. The molecule has 2 atom stereocenters. The van der Waals surface area contributed by atoms with Gasteiger partial charge in [0.1, 0.15) is 11.3 Å². The van der Waals surface area contributed by atoms with Crippen molar-refractivity contribution in [2.75, 3.05) is 12.8 Å². The quantitative estimate of drug-likeness (QED) is 0.614. The van der Waals surface area contributed by atoms with Crippen molar-refractivity contribution in [3.63, 3.8) is 0 Å². The Balaban J connectivity index is 1.73. The van der Waals surface area contributed by atoms with Crippen LogP contribution < -0.4 is 10.0 Å². The molecule has 4 rings (SSSR count). The van der Waals surface area contributed by atoms with Crippen molar-refractivity contribution in [3.8, 4) is 0 Å². The number of alkyl halides is 3. The highest BCUT2D eigenvalue weighted by molar-refractivity contribution is 7.88. The van der Waals surface area contributed by atoms with Crippen LogP contribution in [-0.2, 0) is 16.6 Å². The zero-order valence-corrected chi connectivity index (χ0v) is 17.1. The van der Waals surface area contributed by atoms with Crippen LogP contribution in [0.2, 0.25) is 0 Å². The minimum Gasteiger partial charge on any atom is -0.323 e. The van der Waals surface area contributed by atoms with Crippen molar-refractivity contribution in [1.82, 2.24) is 24.6 Å². The molecule has 0 spiro atoms. The van der Waals surface area contributed by atoms with Crippen LogP contribution in [0.15, 0.2) is 30.5 Å². The fourth-order valence-corrected chi connectivity index (χ4v) is 4.52. The summed E-state index contributed by atoms with van der Waals surface area (Å²) in [7, 11) is -3.43. The van der Waals surface area contributed by atoms with Gasteiger partial charge in [0.05, 0.1) is 36.6 Å². The molecule has 2 N–H and O–H groups in total. The highest BCUT2D eigenvalue weighted by atomic mass is 32.2. The Morgan fingerprint density at radius 3 is 2.70 bits per heavy atom. The van der Waals surface area contributed by atoms with Gasteiger partial charge in [-0.05, 0) is 25.3 Å². The number of imidazole rings is 1. The number of hydrogen-bond donors (Lipinski definition) is 2. The average molecular weight is 441 g/mol. The number of benzene rings is 1. The van der Waals surface area contributed by atoms with Crippen molar-refractivity contribution in [1.29, 1.82) is 0 Å². The van der Waals surface area contributed by atoms with Crippen molar-refractivity contribution >= 4 is 32.0 Å². The molecule has 11 heteroatoms. The predicted octanol–water partition coefficient (Wildman–Crippen LogP) is 2.88. The first kappa shape index (κ1) is 21.0. The van der Waals surface area contributed by atoms with Crippen LogP contribution in [0.4, 0.5) is 13.2 Å². The third-order valence-corrected chi connectivity index (χ3v) is 6.02. The second kappa shape index (κ2) is 7.78. The van der Waals surface area contributed by atoms with Gasteiger partial charge in [-0.25, -0.2) is 18.1 Å². The van der Waals surface area contributed by atoms with Crippen molar-refractivity contribution in [2.45, 2.75) is 44.1 Å². The molecule has 1 aliphatic rings. The lowest BCUT2D eigenvalue weighted by Crippen LogP contribution is -2.35. The fraction of sp³-hybridized carbons (Fsp3) is 0.474. The number of para-hydroxylation sites is 1. The number of rotatable bonds is 6. The highest BCUT2D eigenvalue weighted by Crippen LogP contribution is 2.36. The third-order valence-electron chi connectivity index (χ3n) is 5.35. The van der Waals surface area contributed by atoms with Crippen LogP contribution in [0.25, 0.3) is 21.9 Å². The number of aromatic nitrogens is 3. The first-order valence-corrected chi connectivity index (χ1v) is 11.5. The number of hydrogen-bond acceptors (Lipinski definition) is 5. The summed E-state index contributed by atoms with van der Waals surface area (Å²) in [5, 5.41) is 3.47. The lowest BCUT2D eigenvalue weighted by atomic mass is 10.1. The van der Waals surface area contributed by atoms with Crippen LogP contribution in [0.5, 0.6) is 0 Å². The fourth-order valence-electron chi connectivity index (χ4n) is 4.12. The maximum Gasteiger partial charge on any atom is 0.401 e. The van der Waals surface area contributed by atoms with Gasteiger partial charge in [-0.1, -0.05) is 18.2 Å². The van der Waals surface area contributed by atoms with E-state index in [0.717, 1.165) is 22.7 Å². The van der Waals surface area contributed by atoms with E-state index in [0.29, 0.717) is 30.6 Å². The van der Waals surface area contributed by atoms with Gasteiger partial charge in [-0.3, -0.25) is 4.98 Å². The van der Waals surface area contributed by atoms with E-state index in [1.54, 1.807) is 6.20 Å². The van der Waals surface area contributed by atoms with E-state index < -0.39 is 22.7 Å². The standard InChI is InChI=1S/C19H22F3N5O2S/c1-30(28,29)25-10-17-26-16-9-23-15-5-3-2-4-14(15)18(16)27(17)13-7-6-12(8-13)24-11-19(20,21)22/h2-5,9,12-13,24-25H,6-8,10-11H2,1H3. The minimum absolute atomic E-state index is 0.00101. The largest absolute Gasteiger partial charge is 0.401 e. The number of pyridine rings is 1. The molecule has 1 aliphatic carbocycles. The van der Waals surface area contributed by atoms with Gasteiger partial charge in [0.15, 0.2) is 0 Å². The van der Waals surface area contributed by atoms with Crippen LogP contribution >= 0.6 is 0 Å². The molecule has 7 nitrogen and oxygen atoms in total. The third kappa shape index (κ3) is 4.57. The molecule has 3 aromatic rings. The molecule has 1 fully saturated rings. The summed E-state index contributed by atoms with van der Waals surface area (Å²) in [5.41, 5.74) is 2.23. The van der Waals surface area contributed by atoms with Gasteiger partial charge in [0.25, 0.3) is 0 Å². The molecule has 2 unspecified atom stereocenters. The molecule has 2 aromatic heterocycles. The van der Waals surface area contributed by atoms with Gasteiger partial charge in [0, 0.05) is 17.5 Å². The van der Waals surface area contributed by atoms with Gasteiger partial charge >= 0.3 is 6.18 Å². The van der Waals surface area contributed by atoms with Gasteiger partial charge < -0.3 is 9.88 Å². The second-order valence-electron chi connectivity index (χ2n) is 7.66. The summed E-state index contributed by atoms with van der Waals surface area (Å²) in [4.78, 5) is 9.01. The van der Waals surface area contributed by atoms with Crippen LogP contribution in [-0.4, -0.2) is 48.0 Å². The molecule has 0 saturated heterocycles. The van der Waals surface area contributed by atoms with Crippen molar-refractivity contribution < 1.29 is 21.6 Å². The molecule has 1 saturated carbocycles. The Bertz CT molecular complexity index is 1180. The maximum absolute atomic E-state index is 12.6. The topological polar surface area (TPSA) is 88.9 Å². The zero-order chi connectivity index (χ0) is 21.5. The Labute approximate surface area is 171 Å². The first-order chi connectivity index (χ1) is 14.1. The lowest BCUT2D eigenvalue weighted by Gasteiger charge is -2.19. The Kier molecular flexibility index (Phi) is 5.45. The molecular formula is C19H22F3N5O2S. The summed E-state index contributed by atoms with van der Waals surface area (Å²) < 4.78 is 65.5. The number of nitrogens with zero attached hydrogens (tertiary/aromatic N) is 3. The summed E-state index contributed by atoms with van der Waals surface area (Å²) in [6, 6.07) is 7.20. The normalized spacial score (nSPS) is 20.4. The van der Waals surface area contributed by atoms with E-state index in [2.05, 4.69) is 20.0 Å². The Morgan fingerprint density at radius 1 is 1.20 bits per heavy atom. The summed E-state index contributed by atoms with van der Waals surface area (Å²) >= 11 is 0. The first-order valence-electron chi connectivity index (χ1n) is 9.60. The zero-order valence-electron chi connectivity index (χ0n) is 16.3. The molecular weight excluding hydrogens is 419 g/mol. The molecule has 0 radical (unpaired) electrons. The Hall–Kier alpha value is -2.24. The number of nitrogens with one attached hydrogen (secondary N) is 2. The minimum atomic E-state index is -4.26. The van der Waals surface area contributed by atoms with E-state index in [1.807, 2.05) is 28.8 Å². The molecule has 0 bridgehead atoms. The van der Waals surface area contributed by atoms with Gasteiger partial charge in [-0.15, -0.1) is 0 Å². The van der Waals surface area contributed by atoms with Crippen molar-refractivity contribution in [2.24, 2.45) is 0 Å². The van der Waals surface area contributed by atoms with Crippen molar-refractivity contribution in [3.05, 3.63) is 36.3 Å². The Morgan fingerprint density at radius 2 is 1.97 bits per heavy atom. The monoisotopic (exact) mass is 441 g/mol. The summed E-state index contributed by atoms with van der Waals surface area (Å²) in [5.74, 6) is 0.523. The number of halogens is 3. The second-order valence-corrected chi connectivity index (χ2v) is 9.49. The lowest BCUT2D eigenvalue weighted by molar-refractivity contribution is -0.126. The molecule has 1 aromatic carbocycles. The summed E-state index contributed by atoms with van der Waals surface area (Å²) in [6.45, 7) is -1.02. The highest BCUT2D eigenvalue weighted by Gasteiger charge is 2.33. The number of fused-ring (bicyclic) bond motifs is 3. The average Bonchev–Trinajstić information content (AvgIpc) is 3.27. The van der Waals surface area contributed by atoms with E-state index in [4.69, 9.17) is 0 Å². The van der Waals surface area contributed by atoms with Crippen LogP contribution in [0.1, 0.15) is 31.1 Å². The molecule has 0 aliphatic heterocycles. The van der Waals surface area contributed by atoms with E-state index in [-0.39, 0.29) is 18.6 Å². The molecule has 162 valence electrons. The van der Waals surface area contributed by atoms with E-state index in [9.17, 15) is 21.6 Å². The predicted molar refractivity (Wildman–Crippen MR) is 107 cm³/mol.